The van der Waals surface area contributed by atoms with Crippen molar-refractivity contribution >= 4 is 44.9 Å². The zero-order valence-electron chi connectivity index (χ0n) is 11.7. The summed E-state index contributed by atoms with van der Waals surface area (Å²) in [6.07, 6.45) is 1.32. The van der Waals surface area contributed by atoms with Crippen molar-refractivity contribution in [2.24, 2.45) is 0 Å². The maximum absolute atomic E-state index is 12.4. The third kappa shape index (κ3) is 3.43. The number of benzene rings is 1. The lowest BCUT2D eigenvalue weighted by atomic mass is 10.3. The number of thiazole rings is 1. The van der Waals surface area contributed by atoms with E-state index in [1.807, 2.05) is 0 Å². The lowest BCUT2D eigenvalue weighted by Gasteiger charge is -2.18. The van der Waals surface area contributed by atoms with Crippen LogP contribution in [0.25, 0.3) is 0 Å². The van der Waals surface area contributed by atoms with Crippen molar-refractivity contribution in [3.63, 3.8) is 0 Å². The van der Waals surface area contributed by atoms with E-state index in [-0.39, 0.29) is 21.6 Å². The van der Waals surface area contributed by atoms with Gasteiger partial charge in [-0.15, -0.1) is 0 Å². The van der Waals surface area contributed by atoms with Gasteiger partial charge in [-0.1, -0.05) is 11.3 Å². The van der Waals surface area contributed by atoms with Crippen molar-refractivity contribution in [1.29, 1.82) is 0 Å². The third-order valence-corrected chi connectivity index (χ3v) is 5.68. The van der Waals surface area contributed by atoms with Crippen LogP contribution in [-0.2, 0) is 10.0 Å². The molecular weight excluding hydrogens is 360 g/mol. The molecular formula is C13H12N2O5S3. The minimum atomic E-state index is -3.83. The summed E-state index contributed by atoms with van der Waals surface area (Å²) in [6.45, 7) is 0.796. The molecule has 0 saturated carbocycles. The van der Waals surface area contributed by atoms with Crippen LogP contribution in [-0.4, -0.2) is 38.2 Å². The van der Waals surface area contributed by atoms with Gasteiger partial charge in [0.1, 0.15) is 13.2 Å². The third-order valence-electron chi connectivity index (χ3n) is 2.97. The van der Waals surface area contributed by atoms with Crippen LogP contribution in [0.3, 0.4) is 0 Å². The summed E-state index contributed by atoms with van der Waals surface area (Å²) in [5.74, 6) is 0.710. The van der Waals surface area contributed by atoms with Crippen LogP contribution in [0.5, 0.6) is 11.5 Å². The predicted molar refractivity (Wildman–Crippen MR) is 88.5 cm³/mol. The Bertz CT molecular complexity index is 847. The largest absolute Gasteiger partial charge is 0.486 e. The number of hydrogen-bond acceptors (Lipinski definition) is 8. The second-order valence-corrected chi connectivity index (χ2v) is 7.55. The van der Waals surface area contributed by atoms with Gasteiger partial charge in [0.25, 0.3) is 10.0 Å². The number of ether oxygens (including phenoxy) is 2. The monoisotopic (exact) mass is 372 g/mol. The molecule has 0 atom stereocenters. The van der Waals surface area contributed by atoms with E-state index >= 15 is 0 Å². The summed E-state index contributed by atoms with van der Waals surface area (Å²) < 4.78 is 37.9. The van der Waals surface area contributed by atoms with Gasteiger partial charge in [-0.2, -0.15) is 12.6 Å². The minimum Gasteiger partial charge on any atom is -0.486 e. The average molecular weight is 372 g/mol. The molecule has 0 unspecified atom stereocenters. The lowest BCUT2D eigenvalue weighted by molar-refractivity contribution is 0.102. The normalized spacial score (nSPS) is 13.6. The molecule has 3 rings (SSSR count). The lowest BCUT2D eigenvalue weighted by Crippen LogP contribution is -2.17. The van der Waals surface area contributed by atoms with E-state index in [2.05, 4.69) is 22.3 Å². The van der Waals surface area contributed by atoms with Crippen LogP contribution in [0.2, 0.25) is 0 Å². The molecule has 23 heavy (non-hydrogen) atoms. The molecule has 1 aliphatic rings. The topological polar surface area (TPSA) is 94.6 Å². The number of nitrogens with zero attached hydrogens (tertiary/aromatic N) is 1. The highest BCUT2D eigenvalue weighted by Crippen LogP contribution is 2.33. The van der Waals surface area contributed by atoms with Crippen LogP contribution in [0.4, 0.5) is 5.13 Å². The molecule has 0 aliphatic carbocycles. The highest BCUT2D eigenvalue weighted by molar-refractivity contribution is 7.93. The Hall–Kier alpha value is -1.78. The first-order valence-corrected chi connectivity index (χ1v) is 9.45. The molecule has 122 valence electrons. The maximum Gasteiger partial charge on any atom is 0.263 e. The molecule has 7 nitrogen and oxygen atoms in total. The molecule has 0 radical (unpaired) electrons. The first-order chi connectivity index (χ1) is 11.0. The number of anilines is 1. The Labute approximate surface area is 142 Å². The predicted octanol–water partition coefficient (Wildman–Crippen LogP) is 1.83. The van der Waals surface area contributed by atoms with Gasteiger partial charge in [-0.05, 0) is 12.1 Å². The molecule has 1 N–H and O–H groups in total. The summed E-state index contributed by atoms with van der Waals surface area (Å²) in [7, 11) is -3.83. The number of nitrogens with one attached hydrogen (secondary N) is 1. The Morgan fingerprint density at radius 2 is 2.04 bits per heavy atom. The number of carbonyl (C=O) groups excluding carboxylic acids is 1. The van der Waals surface area contributed by atoms with Crippen LogP contribution >= 0.6 is 24.0 Å². The molecule has 2 aromatic rings. The number of aromatic nitrogens is 1. The molecule has 0 amide bonds. The number of rotatable bonds is 5. The van der Waals surface area contributed by atoms with Gasteiger partial charge in [0, 0.05) is 6.07 Å². The number of fused-ring (bicyclic) bond motifs is 1. The van der Waals surface area contributed by atoms with E-state index in [9.17, 15) is 13.2 Å². The van der Waals surface area contributed by atoms with Crippen molar-refractivity contribution in [2.75, 3.05) is 23.7 Å². The molecule has 0 saturated heterocycles. The number of hydrogen-bond donors (Lipinski definition) is 2. The molecule has 10 heteroatoms. The summed E-state index contributed by atoms with van der Waals surface area (Å²) in [5.41, 5.74) is 0. The minimum absolute atomic E-state index is 0.0269. The number of thiol groups is 1. The van der Waals surface area contributed by atoms with Gasteiger partial charge in [0.05, 0.1) is 21.7 Å². The fraction of sp³-hybridized carbons (Fsp3) is 0.231. The second kappa shape index (κ2) is 6.38. The molecule has 1 aromatic carbocycles. The van der Waals surface area contributed by atoms with Crippen molar-refractivity contribution in [2.45, 2.75) is 4.90 Å². The van der Waals surface area contributed by atoms with Gasteiger partial charge >= 0.3 is 0 Å². The molecule has 1 aromatic heterocycles. The van der Waals surface area contributed by atoms with E-state index in [1.54, 1.807) is 6.07 Å². The van der Waals surface area contributed by atoms with Gasteiger partial charge < -0.3 is 9.47 Å². The first kappa shape index (κ1) is 16.1. The van der Waals surface area contributed by atoms with E-state index in [4.69, 9.17) is 9.47 Å². The molecule has 0 bridgehead atoms. The zero-order chi connectivity index (χ0) is 16.4. The van der Waals surface area contributed by atoms with Gasteiger partial charge in [0.2, 0.25) is 0 Å². The first-order valence-electron chi connectivity index (χ1n) is 6.52. The maximum atomic E-state index is 12.4. The van der Waals surface area contributed by atoms with Crippen molar-refractivity contribution in [1.82, 2.24) is 4.98 Å². The van der Waals surface area contributed by atoms with Crippen LogP contribution in [0, 0.1) is 0 Å². The fourth-order valence-corrected chi connectivity index (χ4v) is 4.18. The number of sulfonamides is 1. The van der Waals surface area contributed by atoms with E-state index in [0.29, 0.717) is 29.6 Å². The van der Waals surface area contributed by atoms with E-state index < -0.39 is 10.0 Å². The SMILES string of the molecule is O=C(CS)c1cnc(NS(=O)(=O)c2ccc3c(c2)OCCO3)s1. The highest BCUT2D eigenvalue weighted by atomic mass is 32.2. The Morgan fingerprint density at radius 3 is 2.78 bits per heavy atom. The summed E-state index contributed by atoms with van der Waals surface area (Å²) in [4.78, 5) is 15.8. The van der Waals surface area contributed by atoms with Crippen LogP contribution < -0.4 is 14.2 Å². The Kier molecular flexibility index (Phi) is 4.46. The van der Waals surface area contributed by atoms with Gasteiger partial charge in [0.15, 0.2) is 22.4 Å². The quantitative estimate of drug-likeness (QED) is 0.614. The van der Waals surface area contributed by atoms with Crippen LogP contribution in [0.15, 0.2) is 29.3 Å². The number of Topliss-reactive ketones (excluding diaryl/α,β-unsaturated/α-hetero) is 1. The molecule has 0 fully saturated rings. The summed E-state index contributed by atoms with van der Waals surface area (Å²) >= 11 is 4.85. The second-order valence-electron chi connectivity index (χ2n) is 4.52. The van der Waals surface area contributed by atoms with Crippen molar-refractivity contribution in [3.8, 4) is 11.5 Å². The van der Waals surface area contributed by atoms with E-state index in [1.165, 1.54) is 18.3 Å². The highest BCUT2D eigenvalue weighted by Gasteiger charge is 2.21. The Balaban J connectivity index is 1.84. The summed E-state index contributed by atoms with van der Waals surface area (Å²) in [6, 6.07) is 4.36. The van der Waals surface area contributed by atoms with Crippen molar-refractivity contribution in [3.05, 3.63) is 29.3 Å². The van der Waals surface area contributed by atoms with Gasteiger partial charge in [-0.3, -0.25) is 9.52 Å². The zero-order valence-corrected chi connectivity index (χ0v) is 14.2. The molecule has 1 aliphatic heterocycles. The number of ketones is 1. The van der Waals surface area contributed by atoms with Crippen LogP contribution in [0.1, 0.15) is 9.67 Å². The fourth-order valence-electron chi connectivity index (χ4n) is 1.89. The number of carbonyl (C=O) groups is 1. The van der Waals surface area contributed by atoms with Gasteiger partial charge in [-0.25, -0.2) is 13.4 Å². The Morgan fingerprint density at radius 1 is 1.30 bits per heavy atom. The van der Waals surface area contributed by atoms with Crippen molar-refractivity contribution < 1.29 is 22.7 Å². The molecule has 2 heterocycles. The summed E-state index contributed by atoms with van der Waals surface area (Å²) in [5, 5.41) is 0.116. The van der Waals surface area contributed by atoms with E-state index in [0.717, 1.165) is 11.3 Å². The molecule has 0 spiro atoms. The smallest absolute Gasteiger partial charge is 0.263 e. The standard InChI is InChI=1S/C13H12N2O5S3/c16-9(7-21)12-6-14-13(22-12)15-23(17,18)8-1-2-10-11(5-8)20-4-3-19-10/h1-2,5-6,21H,3-4,7H2,(H,14,15). The average Bonchev–Trinajstić information content (AvgIpc) is 3.01.